The van der Waals surface area contributed by atoms with E-state index >= 15 is 0 Å². The summed E-state index contributed by atoms with van der Waals surface area (Å²) in [7, 11) is 0. The summed E-state index contributed by atoms with van der Waals surface area (Å²) in [6, 6.07) is 0. The summed E-state index contributed by atoms with van der Waals surface area (Å²) in [6.45, 7) is 11.1. The van der Waals surface area contributed by atoms with E-state index in [0.717, 1.165) is 19.3 Å². The second-order valence-corrected chi connectivity index (χ2v) is 9.67. The first-order valence-corrected chi connectivity index (χ1v) is 12.1. The second-order valence-electron chi connectivity index (χ2n) is 9.67. The van der Waals surface area contributed by atoms with E-state index < -0.39 is 0 Å². The van der Waals surface area contributed by atoms with Crippen LogP contribution in [0.3, 0.4) is 0 Å². The maximum Gasteiger partial charge on any atom is 0.306 e. The Balaban J connectivity index is 3.45. The van der Waals surface area contributed by atoms with Gasteiger partial charge in [0.25, 0.3) is 0 Å². The molecule has 0 aliphatic carbocycles. The standard InChI is InChI=1S/C25H48O4/c1-6-7-8-9-10-11-12-13-14-15-16-20-28-23(26)18-17-19-24(27)29-22(2)21-25(3,4)5/h22H,6-21H2,1-5H3. The SMILES string of the molecule is CCCCCCCCCCCCCOC(=O)CCCC(=O)OC(C)CC(C)(C)C. The lowest BCUT2D eigenvalue weighted by molar-refractivity contribution is -0.149. The number of unbranched alkanes of at least 4 members (excludes halogenated alkanes) is 10. The largest absolute Gasteiger partial charge is 0.466 e. The van der Waals surface area contributed by atoms with Gasteiger partial charge in [-0.2, -0.15) is 0 Å². The fraction of sp³-hybridized carbons (Fsp3) is 0.920. The average Bonchev–Trinajstić information content (AvgIpc) is 2.61. The third kappa shape index (κ3) is 21.5. The zero-order valence-electron chi connectivity index (χ0n) is 20.0. The van der Waals surface area contributed by atoms with Crippen molar-refractivity contribution in [3.63, 3.8) is 0 Å². The van der Waals surface area contributed by atoms with Crippen LogP contribution in [0.5, 0.6) is 0 Å². The van der Waals surface area contributed by atoms with Crippen LogP contribution in [0.1, 0.15) is 131 Å². The molecule has 0 fully saturated rings. The van der Waals surface area contributed by atoms with E-state index in [2.05, 4.69) is 27.7 Å². The van der Waals surface area contributed by atoms with Gasteiger partial charge in [0, 0.05) is 12.8 Å². The van der Waals surface area contributed by atoms with E-state index in [0.29, 0.717) is 19.4 Å². The minimum absolute atomic E-state index is 0.0875. The Hall–Kier alpha value is -1.06. The Kier molecular flexibility index (Phi) is 17.1. The van der Waals surface area contributed by atoms with Crippen LogP contribution < -0.4 is 0 Å². The maximum absolute atomic E-state index is 11.8. The lowest BCUT2D eigenvalue weighted by Gasteiger charge is -2.23. The zero-order chi connectivity index (χ0) is 22.0. The molecule has 1 atom stereocenters. The number of rotatable bonds is 18. The summed E-state index contributed by atoms with van der Waals surface area (Å²) in [5.41, 5.74) is 0.137. The van der Waals surface area contributed by atoms with Gasteiger partial charge in [0.15, 0.2) is 0 Å². The summed E-state index contributed by atoms with van der Waals surface area (Å²) < 4.78 is 10.7. The number of hydrogen-bond acceptors (Lipinski definition) is 4. The van der Waals surface area contributed by atoms with E-state index in [1.807, 2.05) is 6.92 Å². The Morgan fingerprint density at radius 2 is 1.21 bits per heavy atom. The quantitative estimate of drug-likeness (QED) is 0.174. The van der Waals surface area contributed by atoms with Crippen LogP contribution in [0.15, 0.2) is 0 Å². The van der Waals surface area contributed by atoms with Crippen molar-refractivity contribution in [2.75, 3.05) is 6.61 Å². The van der Waals surface area contributed by atoms with E-state index in [1.54, 1.807) is 0 Å². The smallest absolute Gasteiger partial charge is 0.306 e. The van der Waals surface area contributed by atoms with Gasteiger partial charge >= 0.3 is 11.9 Å². The monoisotopic (exact) mass is 412 g/mol. The van der Waals surface area contributed by atoms with Gasteiger partial charge in [0.1, 0.15) is 0 Å². The fourth-order valence-electron chi connectivity index (χ4n) is 3.59. The van der Waals surface area contributed by atoms with Crippen LogP contribution >= 0.6 is 0 Å². The molecule has 0 spiro atoms. The Morgan fingerprint density at radius 1 is 0.724 bits per heavy atom. The van der Waals surface area contributed by atoms with Crippen molar-refractivity contribution < 1.29 is 19.1 Å². The maximum atomic E-state index is 11.8. The van der Waals surface area contributed by atoms with Crippen molar-refractivity contribution >= 4 is 11.9 Å². The van der Waals surface area contributed by atoms with Crippen LogP contribution in [0, 0.1) is 5.41 Å². The van der Waals surface area contributed by atoms with E-state index in [1.165, 1.54) is 57.8 Å². The molecule has 0 aromatic heterocycles. The zero-order valence-corrected chi connectivity index (χ0v) is 20.0. The minimum Gasteiger partial charge on any atom is -0.466 e. The molecule has 0 N–H and O–H groups in total. The lowest BCUT2D eigenvalue weighted by atomic mass is 9.90. The molecule has 1 unspecified atom stereocenters. The van der Waals surface area contributed by atoms with Crippen LogP contribution in [-0.4, -0.2) is 24.6 Å². The summed E-state index contributed by atoms with van der Waals surface area (Å²) >= 11 is 0. The van der Waals surface area contributed by atoms with Crippen molar-refractivity contribution in [3.05, 3.63) is 0 Å². The summed E-state index contributed by atoms with van der Waals surface area (Å²) in [6.07, 6.45) is 15.9. The van der Waals surface area contributed by atoms with Crippen molar-refractivity contribution in [2.24, 2.45) is 5.41 Å². The molecule has 0 rings (SSSR count). The molecule has 0 saturated carbocycles. The lowest BCUT2D eigenvalue weighted by Crippen LogP contribution is -2.21. The number of ether oxygens (including phenoxy) is 2. The third-order valence-electron chi connectivity index (χ3n) is 5.01. The summed E-state index contributed by atoms with van der Waals surface area (Å²) in [5, 5.41) is 0. The molecular formula is C25H48O4. The molecule has 0 aliphatic heterocycles. The van der Waals surface area contributed by atoms with E-state index in [9.17, 15) is 9.59 Å². The molecule has 0 heterocycles. The highest BCUT2D eigenvalue weighted by Crippen LogP contribution is 2.22. The topological polar surface area (TPSA) is 52.6 Å². The Bertz CT molecular complexity index is 412. The highest BCUT2D eigenvalue weighted by molar-refractivity contribution is 5.72. The van der Waals surface area contributed by atoms with E-state index in [-0.39, 0.29) is 29.9 Å². The van der Waals surface area contributed by atoms with Crippen LogP contribution in [0.2, 0.25) is 0 Å². The molecule has 0 radical (unpaired) electrons. The normalized spacial score (nSPS) is 12.6. The third-order valence-corrected chi connectivity index (χ3v) is 5.01. The van der Waals surface area contributed by atoms with Gasteiger partial charge < -0.3 is 9.47 Å². The second kappa shape index (κ2) is 17.8. The predicted molar refractivity (Wildman–Crippen MR) is 121 cm³/mol. The van der Waals surface area contributed by atoms with Crippen LogP contribution in [0.25, 0.3) is 0 Å². The fourth-order valence-corrected chi connectivity index (χ4v) is 3.59. The average molecular weight is 413 g/mol. The first kappa shape index (κ1) is 27.9. The first-order valence-electron chi connectivity index (χ1n) is 12.1. The molecule has 4 heteroatoms. The van der Waals surface area contributed by atoms with Gasteiger partial charge in [0.2, 0.25) is 0 Å². The van der Waals surface area contributed by atoms with Crippen LogP contribution in [0.4, 0.5) is 0 Å². The Labute approximate surface area is 180 Å². The molecular weight excluding hydrogens is 364 g/mol. The molecule has 0 saturated heterocycles. The number of carbonyl (C=O) groups excluding carboxylic acids is 2. The number of esters is 2. The van der Waals surface area contributed by atoms with Gasteiger partial charge in [-0.05, 0) is 31.6 Å². The molecule has 0 aliphatic rings. The number of carbonyl (C=O) groups is 2. The molecule has 0 bridgehead atoms. The molecule has 0 amide bonds. The van der Waals surface area contributed by atoms with Gasteiger partial charge in [0.05, 0.1) is 12.7 Å². The molecule has 0 aromatic carbocycles. The van der Waals surface area contributed by atoms with Crippen molar-refractivity contribution in [2.45, 2.75) is 137 Å². The van der Waals surface area contributed by atoms with Crippen molar-refractivity contribution in [3.8, 4) is 0 Å². The molecule has 0 aromatic rings. The predicted octanol–water partition coefficient (Wildman–Crippen LogP) is 7.38. The molecule has 29 heavy (non-hydrogen) atoms. The summed E-state index contributed by atoms with van der Waals surface area (Å²) in [5.74, 6) is -0.424. The molecule has 172 valence electrons. The van der Waals surface area contributed by atoms with Crippen LogP contribution in [-0.2, 0) is 19.1 Å². The Morgan fingerprint density at radius 3 is 1.72 bits per heavy atom. The van der Waals surface area contributed by atoms with E-state index in [4.69, 9.17) is 9.47 Å². The van der Waals surface area contributed by atoms with Gasteiger partial charge in [-0.15, -0.1) is 0 Å². The molecule has 4 nitrogen and oxygen atoms in total. The first-order chi connectivity index (χ1) is 13.7. The highest BCUT2D eigenvalue weighted by Gasteiger charge is 2.18. The van der Waals surface area contributed by atoms with Gasteiger partial charge in [-0.25, -0.2) is 0 Å². The minimum atomic E-state index is -0.222. The van der Waals surface area contributed by atoms with Gasteiger partial charge in [-0.1, -0.05) is 91.9 Å². The highest BCUT2D eigenvalue weighted by atomic mass is 16.5. The van der Waals surface area contributed by atoms with Crippen molar-refractivity contribution in [1.29, 1.82) is 0 Å². The van der Waals surface area contributed by atoms with Crippen molar-refractivity contribution in [1.82, 2.24) is 0 Å². The number of hydrogen-bond donors (Lipinski definition) is 0. The van der Waals surface area contributed by atoms with Gasteiger partial charge in [-0.3, -0.25) is 9.59 Å². The summed E-state index contributed by atoms with van der Waals surface area (Å²) in [4.78, 5) is 23.6.